The van der Waals surface area contributed by atoms with E-state index in [-0.39, 0.29) is 96.0 Å². The first kappa shape index (κ1) is 63.0. The monoisotopic (exact) mass is 1340 g/mol. The molecule has 482 valence electrons. The molecule has 0 aliphatic rings. The largest absolute Gasteiger partial charge is 0.417 e. The van der Waals surface area contributed by atoms with Crippen LogP contribution in [-0.2, 0) is 37.1 Å². The van der Waals surface area contributed by atoms with Gasteiger partial charge in [0, 0.05) is 37.9 Å². The molecule has 3 heterocycles. The standard InChI is InChI=1S/C74H35F18N5/c75-69(76,77)43-17-20-46(57(33-43)72(84,85)86)39-14-24-64-53(28-39)49-7-1-4-10-60(49)95(64)63-23-13-38(36-93)27-52(63)42-31-67(96-61-11-5-2-8-50(61)54-29-40(15-25-65(54)96)47-21-18-44(70(78,79)80)34-58(47)73(87,88)89)56(37-94)68(32-42)97-62-12-6-3-9-51(62)55-30-41(16-26-66(55)97)48-22-19-45(71(81,82)83)35-59(48)74(90,91)92/h1-35H. The first-order valence-electron chi connectivity index (χ1n) is 28.9. The molecule has 11 aromatic carbocycles. The van der Waals surface area contributed by atoms with Crippen LogP contribution < -0.4 is 0 Å². The maximum Gasteiger partial charge on any atom is 0.417 e. The molecule has 0 bridgehead atoms. The van der Waals surface area contributed by atoms with Crippen LogP contribution in [0.2, 0.25) is 0 Å². The van der Waals surface area contributed by atoms with Crippen molar-refractivity contribution in [1.29, 1.82) is 10.5 Å². The smallest absolute Gasteiger partial charge is 0.309 e. The zero-order chi connectivity index (χ0) is 68.8. The molecule has 5 nitrogen and oxygen atoms in total. The highest BCUT2D eigenvalue weighted by atomic mass is 19.4. The molecule has 97 heavy (non-hydrogen) atoms. The minimum atomic E-state index is -5.28. The number of alkyl halides is 18. The summed E-state index contributed by atoms with van der Waals surface area (Å²) in [6.45, 7) is 0. The van der Waals surface area contributed by atoms with Gasteiger partial charge in [-0.3, -0.25) is 0 Å². The summed E-state index contributed by atoms with van der Waals surface area (Å²) >= 11 is 0. The molecule has 0 spiro atoms. The fourth-order valence-corrected chi connectivity index (χ4v) is 13.1. The Kier molecular flexibility index (Phi) is 14.3. The van der Waals surface area contributed by atoms with Crippen LogP contribution in [0.4, 0.5) is 79.0 Å². The highest BCUT2D eigenvalue weighted by Gasteiger charge is 2.42. The lowest BCUT2D eigenvalue weighted by molar-refractivity contribution is -0.144. The number of para-hydroxylation sites is 3. The summed E-state index contributed by atoms with van der Waals surface area (Å²) in [6, 6.07) is 48.0. The topological polar surface area (TPSA) is 62.4 Å². The number of nitrogens with zero attached hydrogens (tertiary/aromatic N) is 5. The van der Waals surface area contributed by atoms with Crippen LogP contribution in [-0.4, -0.2) is 13.7 Å². The molecule has 0 atom stereocenters. The van der Waals surface area contributed by atoms with Crippen LogP contribution >= 0.6 is 0 Å². The number of hydrogen-bond acceptors (Lipinski definition) is 2. The van der Waals surface area contributed by atoms with E-state index in [1.54, 1.807) is 105 Å². The second kappa shape index (κ2) is 22.1. The Morgan fingerprint density at radius 3 is 0.876 bits per heavy atom. The molecule has 0 saturated carbocycles. The SMILES string of the molecule is N#Cc1ccc(-n2c3ccccc3c3cc(-c4ccc(C(F)(F)F)cc4C(F)(F)F)ccc32)c(-c2cc(-n3c4ccccc4c4cc(-c5ccc(C(F)(F)F)cc5C(F)(F)F)ccc43)c(C#N)c(-n3c4ccccc4c4cc(-c5ccc(C(F)(F)F)cc5C(F)(F)F)ccc43)c2)c1. The van der Waals surface area contributed by atoms with Gasteiger partial charge in [0.05, 0.1) is 95.2 Å². The van der Waals surface area contributed by atoms with Crippen LogP contribution in [0, 0.1) is 22.7 Å². The van der Waals surface area contributed by atoms with Crippen molar-refractivity contribution in [3.05, 3.63) is 257 Å². The Morgan fingerprint density at radius 1 is 0.247 bits per heavy atom. The number of rotatable bonds is 7. The van der Waals surface area contributed by atoms with Gasteiger partial charge in [-0.25, -0.2) is 0 Å². The molecule has 3 aromatic heterocycles. The molecule has 0 aliphatic carbocycles. The summed E-state index contributed by atoms with van der Waals surface area (Å²) in [6.07, 6.45) is -31.2. The second-order valence-corrected chi connectivity index (χ2v) is 22.9. The highest BCUT2D eigenvalue weighted by molar-refractivity contribution is 6.14. The zero-order valence-corrected chi connectivity index (χ0v) is 48.7. The molecule has 0 saturated heterocycles. The van der Waals surface area contributed by atoms with Crippen molar-refractivity contribution in [2.45, 2.75) is 37.1 Å². The molecule has 0 aliphatic heterocycles. The van der Waals surface area contributed by atoms with Gasteiger partial charge in [0.2, 0.25) is 0 Å². The van der Waals surface area contributed by atoms with Gasteiger partial charge in [-0.05, 0) is 160 Å². The first-order chi connectivity index (χ1) is 45.8. The van der Waals surface area contributed by atoms with Gasteiger partial charge in [0.25, 0.3) is 0 Å². The summed E-state index contributed by atoms with van der Waals surface area (Å²) in [5.41, 5.74) is -8.82. The Morgan fingerprint density at radius 2 is 0.567 bits per heavy atom. The molecule has 0 unspecified atom stereocenters. The fourth-order valence-electron chi connectivity index (χ4n) is 13.1. The Balaban J connectivity index is 1.06. The summed E-state index contributed by atoms with van der Waals surface area (Å²) in [4.78, 5) is 0. The lowest BCUT2D eigenvalue weighted by atomic mass is 9.95. The number of nitriles is 2. The van der Waals surface area contributed by atoms with E-state index in [0.29, 0.717) is 61.8 Å². The number of hydrogen-bond donors (Lipinski definition) is 0. The fraction of sp³-hybridized carbons (Fsp3) is 0.0811. The Bertz CT molecular complexity index is 5500. The van der Waals surface area contributed by atoms with Crippen molar-refractivity contribution in [2.24, 2.45) is 0 Å². The summed E-state index contributed by atoms with van der Waals surface area (Å²) in [5.74, 6) is 0. The zero-order valence-electron chi connectivity index (χ0n) is 48.7. The van der Waals surface area contributed by atoms with Gasteiger partial charge >= 0.3 is 37.1 Å². The second-order valence-electron chi connectivity index (χ2n) is 22.9. The van der Waals surface area contributed by atoms with Gasteiger partial charge in [0.1, 0.15) is 11.6 Å². The lowest BCUT2D eigenvalue weighted by Crippen LogP contribution is -2.12. The highest BCUT2D eigenvalue weighted by Crippen LogP contribution is 2.49. The van der Waals surface area contributed by atoms with Crippen molar-refractivity contribution < 1.29 is 79.0 Å². The number of benzene rings is 11. The van der Waals surface area contributed by atoms with Crippen molar-refractivity contribution in [2.75, 3.05) is 0 Å². The van der Waals surface area contributed by atoms with Gasteiger partial charge in [-0.15, -0.1) is 0 Å². The predicted molar refractivity (Wildman–Crippen MR) is 331 cm³/mol. The summed E-state index contributed by atoms with van der Waals surface area (Å²) in [5, 5.41) is 24.5. The van der Waals surface area contributed by atoms with Crippen molar-refractivity contribution >= 4 is 65.4 Å². The average Bonchev–Trinajstić information content (AvgIpc) is 1.64. The molecule has 0 amide bonds. The van der Waals surface area contributed by atoms with E-state index in [0.717, 1.165) is 18.2 Å². The molecule has 0 radical (unpaired) electrons. The minimum absolute atomic E-state index is 0.0154. The molecular weight excluding hydrogens is 1300 g/mol. The predicted octanol–water partition coefficient (Wildman–Crippen LogP) is 23.5. The maximum absolute atomic E-state index is 14.8. The van der Waals surface area contributed by atoms with E-state index >= 15 is 0 Å². The van der Waals surface area contributed by atoms with Crippen molar-refractivity contribution in [1.82, 2.24) is 13.7 Å². The van der Waals surface area contributed by atoms with Gasteiger partial charge in [-0.2, -0.15) is 89.6 Å². The molecule has 14 rings (SSSR count). The van der Waals surface area contributed by atoms with E-state index in [9.17, 15) is 89.6 Å². The van der Waals surface area contributed by atoms with Crippen LogP contribution in [0.25, 0.3) is 127 Å². The van der Waals surface area contributed by atoms with Crippen LogP contribution in [0.15, 0.2) is 212 Å². The van der Waals surface area contributed by atoms with Gasteiger partial charge in [0.15, 0.2) is 0 Å². The van der Waals surface area contributed by atoms with Crippen LogP contribution in [0.5, 0.6) is 0 Å². The molecule has 14 aromatic rings. The van der Waals surface area contributed by atoms with Gasteiger partial charge in [-0.1, -0.05) is 91.0 Å². The quantitative estimate of drug-likeness (QED) is 0.149. The van der Waals surface area contributed by atoms with E-state index < -0.39 is 87.1 Å². The third-order valence-corrected chi connectivity index (χ3v) is 17.3. The third kappa shape index (κ3) is 10.7. The summed E-state index contributed by atoms with van der Waals surface area (Å²) < 4.78 is 264. The first-order valence-corrected chi connectivity index (χ1v) is 28.9. The van der Waals surface area contributed by atoms with Gasteiger partial charge < -0.3 is 13.7 Å². The maximum atomic E-state index is 14.8. The third-order valence-electron chi connectivity index (χ3n) is 17.3. The molecular formula is C74H35F18N5. The molecule has 23 heteroatoms. The van der Waals surface area contributed by atoms with Crippen molar-refractivity contribution in [3.8, 4) is 73.7 Å². The molecule has 0 N–H and O–H groups in total. The van der Waals surface area contributed by atoms with Crippen LogP contribution in [0.1, 0.15) is 44.5 Å². The van der Waals surface area contributed by atoms with E-state index in [2.05, 4.69) is 12.1 Å². The number of halogens is 18. The van der Waals surface area contributed by atoms with E-state index in [1.165, 1.54) is 66.7 Å². The number of fused-ring (bicyclic) bond motifs is 9. The Hall–Kier alpha value is -11.5. The van der Waals surface area contributed by atoms with E-state index in [1.807, 2.05) is 0 Å². The normalized spacial score (nSPS) is 12.8. The average molecular weight is 1340 g/mol. The minimum Gasteiger partial charge on any atom is -0.309 e. The lowest BCUT2D eigenvalue weighted by Gasteiger charge is -2.21. The van der Waals surface area contributed by atoms with Crippen molar-refractivity contribution in [3.63, 3.8) is 0 Å². The van der Waals surface area contributed by atoms with Crippen LogP contribution in [0.3, 0.4) is 0 Å². The Labute approximate surface area is 534 Å². The molecule has 0 fully saturated rings. The van der Waals surface area contributed by atoms with E-state index in [4.69, 9.17) is 0 Å². The number of aromatic nitrogens is 3. The summed E-state index contributed by atoms with van der Waals surface area (Å²) in [7, 11) is 0.